The molecule has 0 radical (unpaired) electrons. The van der Waals surface area contributed by atoms with E-state index >= 15 is 0 Å². The van der Waals surface area contributed by atoms with Crippen molar-refractivity contribution < 1.29 is 17.9 Å². The molecule has 1 aromatic carbocycles. The molecule has 2 aliphatic rings. The predicted molar refractivity (Wildman–Crippen MR) is 95.2 cm³/mol. The number of hydrogen-bond donors (Lipinski definition) is 1. The Morgan fingerprint density at radius 3 is 2.65 bits per heavy atom. The number of nitrogens with zero attached hydrogens (tertiary/aromatic N) is 2. The van der Waals surface area contributed by atoms with Gasteiger partial charge in [-0.15, -0.1) is 0 Å². The largest absolute Gasteiger partial charge is 0.416 e. The topological polar surface area (TPSA) is 36.9 Å². The summed E-state index contributed by atoms with van der Waals surface area (Å²) in [6, 6.07) is 5.33. The van der Waals surface area contributed by atoms with Gasteiger partial charge in [0.15, 0.2) is 5.96 Å². The van der Waals surface area contributed by atoms with Crippen LogP contribution in [0.25, 0.3) is 0 Å². The molecular weight excluding hydrogens is 343 g/mol. The first kappa shape index (κ1) is 19.0. The number of halogens is 3. The van der Waals surface area contributed by atoms with Crippen LogP contribution in [0.3, 0.4) is 0 Å². The zero-order valence-corrected chi connectivity index (χ0v) is 15.1. The second kappa shape index (κ2) is 7.86. The number of hydrogen-bond acceptors (Lipinski definition) is 2. The van der Waals surface area contributed by atoms with Crippen LogP contribution in [-0.2, 0) is 17.3 Å². The maximum atomic E-state index is 12.6. The van der Waals surface area contributed by atoms with Crippen molar-refractivity contribution in [3.8, 4) is 0 Å². The van der Waals surface area contributed by atoms with Gasteiger partial charge in [-0.2, -0.15) is 13.2 Å². The fourth-order valence-electron chi connectivity index (χ4n) is 3.66. The molecule has 1 N–H and O–H groups in total. The van der Waals surface area contributed by atoms with Crippen LogP contribution in [0.15, 0.2) is 29.3 Å². The Morgan fingerprint density at radius 1 is 1.27 bits per heavy atom. The van der Waals surface area contributed by atoms with E-state index in [-0.39, 0.29) is 5.41 Å². The quantitative estimate of drug-likeness (QED) is 0.653. The number of guanidine groups is 1. The van der Waals surface area contributed by atoms with E-state index in [1.807, 2.05) is 6.92 Å². The third-order valence-corrected chi connectivity index (χ3v) is 5.20. The third-order valence-electron chi connectivity index (χ3n) is 5.20. The van der Waals surface area contributed by atoms with Gasteiger partial charge >= 0.3 is 6.18 Å². The lowest BCUT2D eigenvalue weighted by atomic mass is 9.87. The van der Waals surface area contributed by atoms with Crippen molar-refractivity contribution in [3.63, 3.8) is 0 Å². The van der Waals surface area contributed by atoms with Gasteiger partial charge in [-0.05, 0) is 43.9 Å². The Kier molecular flexibility index (Phi) is 5.75. The molecule has 0 bridgehead atoms. The van der Waals surface area contributed by atoms with E-state index in [0.29, 0.717) is 13.0 Å². The SMILES string of the molecule is CCNC(=NCCc1ccc(C(F)(F)F)cc1)N1CCC2(CCOC2)C1. The molecule has 0 amide bonds. The molecule has 2 fully saturated rings. The molecule has 1 atom stereocenters. The van der Waals surface area contributed by atoms with E-state index in [0.717, 1.165) is 69.3 Å². The van der Waals surface area contributed by atoms with Crippen LogP contribution in [-0.4, -0.2) is 50.3 Å². The Bertz CT molecular complexity index is 622. The van der Waals surface area contributed by atoms with E-state index in [2.05, 4.69) is 15.2 Å². The van der Waals surface area contributed by atoms with E-state index in [4.69, 9.17) is 4.74 Å². The molecule has 2 saturated heterocycles. The summed E-state index contributed by atoms with van der Waals surface area (Å²) in [6.07, 6.45) is -1.44. The van der Waals surface area contributed by atoms with Gasteiger partial charge in [0.2, 0.25) is 0 Å². The van der Waals surface area contributed by atoms with Crippen LogP contribution in [0.5, 0.6) is 0 Å². The molecule has 1 spiro atoms. The zero-order chi connectivity index (χ0) is 18.6. The number of aliphatic imine (C=N–C) groups is 1. The minimum Gasteiger partial charge on any atom is -0.381 e. The average Bonchev–Trinajstić information content (AvgIpc) is 3.24. The first-order chi connectivity index (χ1) is 12.4. The fourth-order valence-corrected chi connectivity index (χ4v) is 3.66. The molecule has 0 aromatic heterocycles. The monoisotopic (exact) mass is 369 g/mol. The first-order valence-corrected chi connectivity index (χ1v) is 9.19. The van der Waals surface area contributed by atoms with Crippen molar-refractivity contribution >= 4 is 5.96 Å². The van der Waals surface area contributed by atoms with Gasteiger partial charge in [-0.3, -0.25) is 4.99 Å². The molecule has 1 aromatic rings. The van der Waals surface area contributed by atoms with Crippen LogP contribution in [0, 0.1) is 5.41 Å². The van der Waals surface area contributed by atoms with E-state index in [9.17, 15) is 13.2 Å². The average molecular weight is 369 g/mol. The molecule has 0 saturated carbocycles. The standard InChI is InChI=1S/C19H26F3N3O/c1-2-23-17(25-11-8-18(13-25)9-12-26-14-18)24-10-7-15-3-5-16(6-4-15)19(20,21)22/h3-6H,2,7-14H2,1H3,(H,23,24). The number of benzene rings is 1. The number of ether oxygens (including phenoxy) is 1. The Labute approximate surface area is 152 Å². The lowest BCUT2D eigenvalue weighted by Crippen LogP contribution is -2.41. The number of likely N-dealkylation sites (tertiary alicyclic amines) is 1. The summed E-state index contributed by atoms with van der Waals surface area (Å²) >= 11 is 0. The molecule has 2 heterocycles. The van der Waals surface area contributed by atoms with Gasteiger partial charge in [0.1, 0.15) is 0 Å². The third kappa shape index (κ3) is 4.50. The number of alkyl halides is 3. The molecule has 3 rings (SSSR count). The first-order valence-electron chi connectivity index (χ1n) is 9.19. The molecule has 144 valence electrons. The van der Waals surface area contributed by atoms with Crippen LogP contribution >= 0.6 is 0 Å². The maximum Gasteiger partial charge on any atom is 0.416 e. The van der Waals surface area contributed by atoms with Crippen molar-refractivity contribution in [3.05, 3.63) is 35.4 Å². The molecule has 26 heavy (non-hydrogen) atoms. The summed E-state index contributed by atoms with van der Waals surface area (Å²) in [7, 11) is 0. The van der Waals surface area contributed by atoms with Crippen molar-refractivity contribution in [2.75, 3.05) is 39.4 Å². The zero-order valence-electron chi connectivity index (χ0n) is 15.1. The maximum absolute atomic E-state index is 12.6. The van der Waals surface area contributed by atoms with Crippen LogP contribution in [0.1, 0.15) is 30.9 Å². The van der Waals surface area contributed by atoms with Gasteiger partial charge in [0.05, 0.1) is 12.2 Å². The van der Waals surface area contributed by atoms with Gasteiger partial charge in [0.25, 0.3) is 0 Å². The van der Waals surface area contributed by atoms with E-state index < -0.39 is 11.7 Å². The number of nitrogens with one attached hydrogen (secondary N) is 1. The summed E-state index contributed by atoms with van der Waals surface area (Å²) in [6.45, 7) is 6.97. The summed E-state index contributed by atoms with van der Waals surface area (Å²) in [5.41, 5.74) is 0.516. The summed E-state index contributed by atoms with van der Waals surface area (Å²) < 4.78 is 43.4. The van der Waals surface area contributed by atoms with Crippen molar-refractivity contribution in [1.82, 2.24) is 10.2 Å². The highest BCUT2D eigenvalue weighted by atomic mass is 19.4. The van der Waals surface area contributed by atoms with Crippen molar-refractivity contribution in [2.24, 2.45) is 10.4 Å². The number of rotatable bonds is 4. The van der Waals surface area contributed by atoms with Crippen molar-refractivity contribution in [2.45, 2.75) is 32.4 Å². The molecule has 0 aliphatic carbocycles. The van der Waals surface area contributed by atoms with Crippen LogP contribution in [0.4, 0.5) is 13.2 Å². The predicted octanol–water partition coefficient (Wildman–Crippen LogP) is 3.33. The normalized spacial score (nSPS) is 23.8. The summed E-state index contributed by atoms with van der Waals surface area (Å²) in [5.74, 6) is 0.892. The summed E-state index contributed by atoms with van der Waals surface area (Å²) in [5, 5.41) is 3.33. The van der Waals surface area contributed by atoms with Gasteiger partial charge in [-0.1, -0.05) is 12.1 Å². The summed E-state index contributed by atoms with van der Waals surface area (Å²) in [4.78, 5) is 6.97. The van der Waals surface area contributed by atoms with Crippen molar-refractivity contribution in [1.29, 1.82) is 0 Å². The highest BCUT2D eigenvalue weighted by Gasteiger charge is 2.42. The molecule has 2 aliphatic heterocycles. The fraction of sp³-hybridized carbons (Fsp3) is 0.632. The van der Waals surface area contributed by atoms with Gasteiger partial charge in [0, 0.05) is 38.2 Å². The minimum absolute atomic E-state index is 0.267. The van der Waals surface area contributed by atoms with Crippen LogP contribution in [0.2, 0.25) is 0 Å². The molecular formula is C19H26F3N3O. The Hall–Kier alpha value is -1.76. The Morgan fingerprint density at radius 2 is 2.04 bits per heavy atom. The minimum atomic E-state index is -4.29. The smallest absolute Gasteiger partial charge is 0.381 e. The molecule has 7 heteroatoms. The highest BCUT2D eigenvalue weighted by molar-refractivity contribution is 5.80. The molecule has 1 unspecified atom stereocenters. The van der Waals surface area contributed by atoms with Crippen LogP contribution < -0.4 is 5.32 Å². The lowest BCUT2D eigenvalue weighted by Gasteiger charge is -2.25. The highest BCUT2D eigenvalue weighted by Crippen LogP contribution is 2.38. The second-order valence-corrected chi connectivity index (χ2v) is 7.15. The van der Waals surface area contributed by atoms with E-state index in [1.165, 1.54) is 12.1 Å². The lowest BCUT2D eigenvalue weighted by molar-refractivity contribution is -0.137. The molecule has 4 nitrogen and oxygen atoms in total. The second-order valence-electron chi connectivity index (χ2n) is 7.15. The van der Waals surface area contributed by atoms with Gasteiger partial charge < -0.3 is 15.0 Å². The van der Waals surface area contributed by atoms with Gasteiger partial charge in [-0.25, -0.2) is 0 Å². The Balaban J connectivity index is 1.58. The van der Waals surface area contributed by atoms with E-state index in [1.54, 1.807) is 0 Å².